The molecule has 178 valence electrons. The molecule has 3 N–H and O–H groups in total. The first kappa shape index (κ1) is 29.3. The number of rotatable bonds is 16. The number of Topliss-reactive ketones (excluding diaryl/α,β-unsaturated/α-hetero) is 1. The summed E-state index contributed by atoms with van der Waals surface area (Å²) in [5.74, 6) is -0.0533. The molecule has 31 heavy (non-hydrogen) atoms. The Morgan fingerprint density at radius 2 is 1.23 bits per heavy atom. The van der Waals surface area contributed by atoms with Gasteiger partial charge in [0.05, 0.1) is 0 Å². The second-order valence-electron chi connectivity index (χ2n) is 7.30. The van der Waals surface area contributed by atoms with E-state index in [-0.39, 0.29) is 13.1 Å². The first-order valence-electron chi connectivity index (χ1n) is 10.9. The molecule has 0 spiro atoms. The SMILES string of the molecule is CNCCCCCCNCCCCCCNC(=O)c1ccc(C(C)=O)cc1.O=[P+]([O-])[O-].[HH]. The number of nitrogens with one attached hydrogen (secondary N) is 3. The van der Waals surface area contributed by atoms with Crippen molar-refractivity contribution in [2.45, 2.75) is 58.3 Å². The van der Waals surface area contributed by atoms with Crippen LogP contribution in [0.5, 0.6) is 0 Å². The van der Waals surface area contributed by atoms with E-state index in [4.69, 9.17) is 14.4 Å². The first-order valence-corrected chi connectivity index (χ1v) is 12.0. The van der Waals surface area contributed by atoms with Crippen LogP contribution >= 0.6 is 8.25 Å². The zero-order chi connectivity index (χ0) is 23.3. The zero-order valence-electron chi connectivity index (χ0n) is 18.8. The molecular formula is C22H39N3O5P-. The second-order valence-corrected chi connectivity index (χ2v) is 7.74. The van der Waals surface area contributed by atoms with Gasteiger partial charge in [-0.3, -0.25) is 9.59 Å². The van der Waals surface area contributed by atoms with E-state index >= 15 is 0 Å². The van der Waals surface area contributed by atoms with Crippen molar-refractivity contribution in [2.75, 3.05) is 33.2 Å². The van der Waals surface area contributed by atoms with Crippen LogP contribution in [-0.4, -0.2) is 44.9 Å². The fourth-order valence-corrected chi connectivity index (χ4v) is 2.92. The summed E-state index contributed by atoms with van der Waals surface area (Å²) in [6.45, 7) is 5.56. The minimum Gasteiger partial charge on any atom is -0.598 e. The Hall–Kier alpha value is -1.70. The minimum absolute atomic E-state index is 0. The number of benzene rings is 1. The number of hydrogen-bond donors (Lipinski definition) is 3. The Bertz CT molecular complexity index is 628. The molecule has 1 amide bonds. The highest BCUT2D eigenvalue weighted by atomic mass is 31.1. The predicted molar refractivity (Wildman–Crippen MR) is 122 cm³/mol. The van der Waals surface area contributed by atoms with Crippen molar-refractivity contribution < 1.29 is 25.4 Å². The van der Waals surface area contributed by atoms with E-state index in [0.29, 0.717) is 17.7 Å². The molecule has 1 aromatic carbocycles. The third-order valence-corrected chi connectivity index (χ3v) is 4.65. The van der Waals surface area contributed by atoms with Gasteiger partial charge in [-0.1, -0.05) is 42.4 Å². The molecule has 0 radical (unpaired) electrons. The van der Waals surface area contributed by atoms with Crippen molar-refractivity contribution in [2.24, 2.45) is 0 Å². The van der Waals surface area contributed by atoms with Crippen LogP contribution in [0.15, 0.2) is 24.3 Å². The van der Waals surface area contributed by atoms with Crippen LogP contribution in [0.2, 0.25) is 0 Å². The lowest BCUT2D eigenvalue weighted by atomic mass is 10.1. The van der Waals surface area contributed by atoms with Crippen molar-refractivity contribution in [3.63, 3.8) is 0 Å². The highest BCUT2D eigenvalue weighted by Gasteiger charge is 2.05. The largest absolute Gasteiger partial charge is 0.598 e. The van der Waals surface area contributed by atoms with Crippen molar-refractivity contribution in [1.29, 1.82) is 0 Å². The van der Waals surface area contributed by atoms with E-state index in [1.165, 1.54) is 45.4 Å². The summed E-state index contributed by atoms with van der Waals surface area (Å²) in [7, 11) is -1.37. The highest BCUT2D eigenvalue weighted by molar-refractivity contribution is 7.27. The summed E-state index contributed by atoms with van der Waals surface area (Å²) in [6, 6.07) is 6.82. The molecule has 0 fully saturated rings. The van der Waals surface area contributed by atoms with Crippen LogP contribution in [0.4, 0.5) is 0 Å². The van der Waals surface area contributed by atoms with Crippen LogP contribution in [0.25, 0.3) is 0 Å². The molecule has 9 heteroatoms. The fraction of sp³-hybridized carbons (Fsp3) is 0.636. The molecule has 0 atom stereocenters. The van der Waals surface area contributed by atoms with Gasteiger partial charge in [0.2, 0.25) is 0 Å². The van der Waals surface area contributed by atoms with Gasteiger partial charge in [0.15, 0.2) is 5.78 Å². The quantitative estimate of drug-likeness (QED) is 0.197. The Balaban J connectivity index is 0. The Morgan fingerprint density at radius 3 is 1.68 bits per heavy atom. The number of hydrogen-bond acceptors (Lipinski definition) is 7. The van der Waals surface area contributed by atoms with Crippen molar-refractivity contribution >= 4 is 19.9 Å². The van der Waals surface area contributed by atoms with Crippen LogP contribution < -0.4 is 25.7 Å². The number of carbonyl (C=O) groups excluding carboxylic acids is 2. The number of ketones is 1. The van der Waals surface area contributed by atoms with Gasteiger partial charge in [-0.2, -0.15) is 0 Å². The third-order valence-electron chi connectivity index (χ3n) is 4.65. The zero-order valence-corrected chi connectivity index (χ0v) is 19.7. The lowest BCUT2D eigenvalue weighted by molar-refractivity contribution is -0.297. The molecular weight excluding hydrogens is 417 g/mol. The van der Waals surface area contributed by atoms with Crippen molar-refractivity contribution in [3.8, 4) is 0 Å². The summed E-state index contributed by atoms with van der Waals surface area (Å²) in [4.78, 5) is 40.2. The number of unbranched alkanes of at least 4 members (excludes halogenated alkanes) is 6. The molecule has 1 aromatic rings. The Morgan fingerprint density at radius 1 is 0.806 bits per heavy atom. The maximum Gasteiger partial charge on any atom is 0.276 e. The molecule has 0 saturated heterocycles. The van der Waals surface area contributed by atoms with Crippen molar-refractivity contribution in [1.82, 2.24) is 16.0 Å². The maximum atomic E-state index is 12.0. The van der Waals surface area contributed by atoms with Gasteiger partial charge in [0.25, 0.3) is 14.2 Å². The summed E-state index contributed by atoms with van der Waals surface area (Å²) in [5, 5.41) is 9.63. The van der Waals surface area contributed by atoms with Gasteiger partial charge in [-0.05, 0) is 71.4 Å². The summed E-state index contributed by atoms with van der Waals surface area (Å²) in [5.41, 5.74) is 1.24. The minimum atomic E-state index is -3.37. The lowest BCUT2D eigenvalue weighted by Crippen LogP contribution is -2.24. The van der Waals surface area contributed by atoms with Crippen LogP contribution in [0, 0.1) is 0 Å². The fourth-order valence-electron chi connectivity index (χ4n) is 2.92. The summed E-state index contributed by atoms with van der Waals surface area (Å²) < 4.78 is 8.48. The van der Waals surface area contributed by atoms with Crippen molar-refractivity contribution in [3.05, 3.63) is 35.4 Å². The standard InChI is InChI=1S/C22H37N3O2.HO3P.H2/c1-19(26)20-11-13-21(14-12-20)22(27)25-18-10-6-5-9-17-24-16-8-4-3-7-15-23-2;1-4(2)3;/h11-14,23-24H,3-10,15-18H2,1-2H3,(H,25,27);(H,1,2,3);1H/p-1. The molecule has 0 aliphatic rings. The van der Waals surface area contributed by atoms with Gasteiger partial charge in [0, 0.05) is 19.1 Å². The topological polar surface area (TPSA) is 133 Å². The highest BCUT2D eigenvalue weighted by Crippen LogP contribution is 2.05. The number of carbonyl (C=O) groups is 2. The van der Waals surface area contributed by atoms with Crippen LogP contribution in [0.3, 0.4) is 0 Å². The van der Waals surface area contributed by atoms with Crippen LogP contribution in [0.1, 0.15) is 80.4 Å². The molecule has 0 aliphatic heterocycles. The molecule has 1 rings (SSSR count). The van der Waals surface area contributed by atoms with E-state index in [1.54, 1.807) is 24.3 Å². The van der Waals surface area contributed by atoms with Gasteiger partial charge >= 0.3 is 0 Å². The second kappa shape index (κ2) is 20.2. The van der Waals surface area contributed by atoms with Gasteiger partial charge in [0.1, 0.15) is 0 Å². The van der Waals surface area contributed by atoms with Crippen LogP contribution in [-0.2, 0) is 4.57 Å². The molecule has 0 bridgehead atoms. The average Bonchev–Trinajstić information content (AvgIpc) is 2.73. The van der Waals surface area contributed by atoms with E-state index in [9.17, 15) is 9.59 Å². The smallest absolute Gasteiger partial charge is 0.276 e. The normalized spacial score (nSPS) is 10.2. The van der Waals surface area contributed by atoms with E-state index in [1.807, 2.05) is 7.05 Å². The van der Waals surface area contributed by atoms with Gasteiger partial charge < -0.3 is 25.7 Å². The molecule has 0 unspecified atom stereocenters. The van der Waals surface area contributed by atoms with Gasteiger partial charge in [-0.25, -0.2) is 0 Å². The Labute approximate surface area is 188 Å². The molecule has 0 heterocycles. The molecule has 8 nitrogen and oxygen atoms in total. The Kier molecular flexibility index (Phi) is 19.1. The molecule has 0 saturated carbocycles. The van der Waals surface area contributed by atoms with E-state index < -0.39 is 8.25 Å². The maximum absolute atomic E-state index is 12.0. The summed E-state index contributed by atoms with van der Waals surface area (Å²) >= 11 is 0. The first-order chi connectivity index (χ1) is 14.9. The molecule has 0 aromatic heterocycles. The van der Waals surface area contributed by atoms with Gasteiger partial charge in [-0.15, -0.1) is 0 Å². The van der Waals surface area contributed by atoms with E-state index in [0.717, 1.165) is 32.5 Å². The molecule has 0 aliphatic carbocycles. The predicted octanol–water partition coefficient (Wildman–Crippen LogP) is 2.16. The number of amides is 1. The monoisotopic (exact) mass is 456 g/mol. The third kappa shape index (κ3) is 18.8. The average molecular weight is 457 g/mol. The summed E-state index contributed by atoms with van der Waals surface area (Å²) in [6.07, 6.45) is 9.69. The van der Waals surface area contributed by atoms with E-state index in [2.05, 4.69) is 16.0 Å². The lowest BCUT2D eigenvalue weighted by Gasteiger charge is -2.07.